The van der Waals surface area contributed by atoms with Crippen molar-refractivity contribution in [3.8, 4) is 0 Å². The third-order valence-electron chi connectivity index (χ3n) is 4.12. The summed E-state index contributed by atoms with van der Waals surface area (Å²) in [7, 11) is 2.21. The van der Waals surface area contributed by atoms with Gasteiger partial charge in [0.05, 0.1) is 5.69 Å². The highest BCUT2D eigenvalue weighted by Gasteiger charge is 2.19. The molecular formula is C16H29N3S. The Morgan fingerprint density at radius 1 is 1.30 bits per heavy atom. The van der Waals surface area contributed by atoms with Crippen molar-refractivity contribution in [1.82, 2.24) is 10.3 Å². The summed E-state index contributed by atoms with van der Waals surface area (Å²) in [5, 5.41) is 4.66. The number of aryl methyl sites for hydroxylation is 1. The molecule has 4 heteroatoms. The average molecular weight is 295 g/mol. The first-order chi connectivity index (χ1) is 9.74. The molecule has 0 spiro atoms. The van der Waals surface area contributed by atoms with Crippen molar-refractivity contribution in [2.45, 2.75) is 58.9 Å². The lowest BCUT2D eigenvalue weighted by Crippen LogP contribution is -2.23. The zero-order chi connectivity index (χ0) is 14.4. The molecule has 1 aromatic heterocycles. The maximum atomic E-state index is 4.90. The summed E-state index contributed by atoms with van der Waals surface area (Å²) in [6, 6.07) is 0. The first-order valence-corrected chi connectivity index (χ1v) is 8.96. The predicted molar refractivity (Wildman–Crippen MR) is 88.7 cm³/mol. The Kier molecular flexibility index (Phi) is 6.30. The van der Waals surface area contributed by atoms with Crippen molar-refractivity contribution in [3.63, 3.8) is 0 Å². The summed E-state index contributed by atoms with van der Waals surface area (Å²) in [6.07, 6.45) is 7.93. The van der Waals surface area contributed by atoms with Crippen molar-refractivity contribution in [2.75, 3.05) is 25.0 Å². The predicted octanol–water partition coefficient (Wildman–Crippen LogP) is 3.83. The first-order valence-electron chi connectivity index (χ1n) is 8.15. The van der Waals surface area contributed by atoms with Crippen molar-refractivity contribution >= 4 is 16.5 Å². The van der Waals surface area contributed by atoms with E-state index in [1.807, 2.05) is 11.3 Å². The minimum absolute atomic E-state index is 0.885. The number of nitrogens with zero attached hydrogens (tertiary/aromatic N) is 2. The van der Waals surface area contributed by atoms with E-state index in [0.717, 1.165) is 25.4 Å². The molecule has 0 unspecified atom stereocenters. The molecule has 1 aliphatic rings. The minimum atomic E-state index is 0.885. The molecule has 1 aromatic rings. The van der Waals surface area contributed by atoms with E-state index >= 15 is 0 Å². The highest BCUT2D eigenvalue weighted by molar-refractivity contribution is 7.15. The lowest BCUT2D eigenvalue weighted by Gasteiger charge is -2.19. The third-order valence-corrected chi connectivity index (χ3v) is 5.33. The zero-order valence-corrected chi connectivity index (χ0v) is 14.1. The molecule has 20 heavy (non-hydrogen) atoms. The third kappa shape index (κ3) is 4.19. The molecule has 0 aromatic carbocycles. The molecule has 2 rings (SSSR count). The van der Waals surface area contributed by atoms with E-state index in [0.29, 0.717) is 0 Å². The molecule has 1 aliphatic carbocycles. The van der Waals surface area contributed by atoms with Gasteiger partial charge in [0.2, 0.25) is 0 Å². The van der Waals surface area contributed by atoms with Crippen LogP contribution in [0.3, 0.4) is 0 Å². The molecule has 3 nitrogen and oxygen atoms in total. The Morgan fingerprint density at radius 3 is 2.70 bits per heavy atom. The summed E-state index contributed by atoms with van der Waals surface area (Å²) in [6.45, 7) is 7.57. The normalized spacial score (nSPS) is 15.9. The van der Waals surface area contributed by atoms with E-state index in [2.05, 4.69) is 31.1 Å². The number of aromatic nitrogens is 1. The van der Waals surface area contributed by atoms with Crippen LogP contribution in [0.5, 0.6) is 0 Å². The van der Waals surface area contributed by atoms with Gasteiger partial charge in [-0.1, -0.05) is 33.1 Å². The number of rotatable bonds is 8. The summed E-state index contributed by atoms with van der Waals surface area (Å²) in [5.74, 6) is 0.885. The molecule has 0 saturated heterocycles. The molecule has 1 fully saturated rings. The van der Waals surface area contributed by atoms with Crippen LogP contribution in [-0.4, -0.2) is 25.1 Å². The van der Waals surface area contributed by atoms with Crippen LogP contribution in [0.15, 0.2) is 0 Å². The van der Waals surface area contributed by atoms with Crippen LogP contribution in [0.2, 0.25) is 0 Å². The molecule has 0 aliphatic heterocycles. The fourth-order valence-corrected chi connectivity index (χ4v) is 4.05. The topological polar surface area (TPSA) is 28.2 Å². The highest BCUT2D eigenvalue weighted by atomic mass is 32.1. The summed E-state index contributed by atoms with van der Waals surface area (Å²) >= 11 is 1.88. The average Bonchev–Trinajstić information content (AvgIpc) is 3.07. The SMILES string of the molecule is CCCc1nc(N(C)CC2CCCC2)sc1CNCC. The lowest BCUT2D eigenvalue weighted by atomic mass is 10.1. The van der Waals surface area contributed by atoms with E-state index in [9.17, 15) is 0 Å². The van der Waals surface area contributed by atoms with Crippen molar-refractivity contribution in [1.29, 1.82) is 0 Å². The van der Waals surface area contributed by atoms with Crippen LogP contribution in [0.25, 0.3) is 0 Å². The van der Waals surface area contributed by atoms with Gasteiger partial charge in [0.25, 0.3) is 0 Å². The zero-order valence-electron chi connectivity index (χ0n) is 13.2. The second-order valence-electron chi connectivity index (χ2n) is 5.93. The van der Waals surface area contributed by atoms with Crippen LogP contribution >= 0.6 is 11.3 Å². The van der Waals surface area contributed by atoms with Gasteiger partial charge in [-0.05, 0) is 31.7 Å². The largest absolute Gasteiger partial charge is 0.351 e. The van der Waals surface area contributed by atoms with Gasteiger partial charge in [-0.15, -0.1) is 11.3 Å². The Morgan fingerprint density at radius 2 is 2.05 bits per heavy atom. The molecule has 1 N–H and O–H groups in total. The highest BCUT2D eigenvalue weighted by Crippen LogP contribution is 2.30. The molecule has 1 heterocycles. The van der Waals surface area contributed by atoms with Crippen molar-refractivity contribution < 1.29 is 0 Å². The van der Waals surface area contributed by atoms with E-state index in [-0.39, 0.29) is 0 Å². The van der Waals surface area contributed by atoms with Crippen molar-refractivity contribution in [2.24, 2.45) is 5.92 Å². The second-order valence-corrected chi connectivity index (χ2v) is 6.99. The Bertz CT molecular complexity index is 396. The van der Waals surface area contributed by atoms with Gasteiger partial charge in [-0.2, -0.15) is 0 Å². The number of hydrogen-bond donors (Lipinski definition) is 1. The molecule has 114 valence electrons. The van der Waals surface area contributed by atoms with Gasteiger partial charge < -0.3 is 10.2 Å². The van der Waals surface area contributed by atoms with Gasteiger partial charge in [-0.25, -0.2) is 4.98 Å². The maximum absolute atomic E-state index is 4.90. The number of thiazole rings is 1. The van der Waals surface area contributed by atoms with E-state index in [1.54, 1.807) is 0 Å². The van der Waals surface area contributed by atoms with E-state index in [4.69, 9.17) is 4.98 Å². The summed E-state index contributed by atoms with van der Waals surface area (Å²) < 4.78 is 0. The fourth-order valence-electron chi connectivity index (χ4n) is 3.00. The maximum Gasteiger partial charge on any atom is 0.185 e. The Labute approximate surface area is 127 Å². The molecule has 0 radical (unpaired) electrons. The van der Waals surface area contributed by atoms with Crippen LogP contribution in [-0.2, 0) is 13.0 Å². The summed E-state index contributed by atoms with van der Waals surface area (Å²) in [4.78, 5) is 8.72. The summed E-state index contributed by atoms with van der Waals surface area (Å²) in [5.41, 5.74) is 1.31. The van der Waals surface area contributed by atoms with Gasteiger partial charge >= 0.3 is 0 Å². The van der Waals surface area contributed by atoms with E-state index < -0.39 is 0 Å². The van der Waals surface area contributed by atoms with Crippen LogP contribution < -0.4 is 10.2 Å². The molecule has 0 bridgehead atoms. The number of hydrogen-bond acceptors (Lipinski definition) is 4. The van der Waals surface area contributed by atoms with Crippen LogP contribution in [0.1, 0.15) is 56.5 Å². The lowest BCUT2D eigenvalue weighted by molar-refractivity contribution is 0.546. The molecule has 0 atom stereocenters. The molecule has 0 amide bonds. The Balaban J connectivity index is 2.01. The van der Waals surface area contributed by atoms with Crippen LogP contribution in [0.4, 0.5) is 5.13 Å². The van der Waals surface area contributed by atoms with E-state index in [1.165, 1.54) is 54.4 Å². The van der Waals surface area contributed by atoms with Gasteiger partial charge in [0.15, 0.2) is 5.13 Å². The minimum Gasteiger partial charge on any atom is -0.351 e. The number of nitrogens with one attached hydrogen (secondary N) is 1. The second kappa shape index (κ2) is 7.99. The molecular weight excluding hydrogens is 266 g/mol. The monoisotopic (exact) mass is 295 g/mol. The standard InChI is InChI=1S/C16H29N3S/c1-4-8-14-15(11-17-5-2)20-16(18-14)19(3)12-13-9-6-7-10-13/h13,17H,4-12H2,1-3H3. The molecule has 1 saturated carbocycles. The Hall–Kier alpha value is -0.610. The van der Waals surface area contributed by atoms with Gasteiger partial charge in [0, 0.05) is 25.0 Å². The van der Waals surface area contributed by atoms with Gasteiger partial charge in [0.1, 0.15) is 0 Å². The first kappa shape index (κ1) is 15.8. The van der Waals surface area contributed by atoms with Crippen molar-refractivity contribution in [3.05, 3.63) is 10.6 Å². The van der Waals surface area contributed by atoms with Gasteiger partial charge in [-0.3, -0.25) is 0 Å². The fraction of sp³-hybridized carbons (Fsp3) is 0.812. The van der Waals surface area contributed by atoms with Crippen LogP contribution in [0, 0.1) is 5.92 Å². The number of anilines is 1. The smallest absolute Gasteiger partial charge is 0.185 e. The quantitative estimate of drug-likeness (QED) is 0.790.